The predicted octanol–water partition coefficient (Wildman–Crippen LogP) is 1.98. The minimum Gasteiger partial charge on any atom is -0.481 e. The standard InChI is InChI=1S/C14H20N4O3/c1-2-4-14(12(19)20)5-3-6-18(9-14)13(21)17-11-7-15-10-16-8-11/h7-8,10H,2-6,9H2,1H3,(H,17,21)(H,19,20). The zero-order chi connectivity index (χ0) is 15.3. The van der Waals surface area contributed by atoms with Crippen molar-refractivity contribution in [1.29, 1.82) is 0 Å². The van der Waals surface area contributed by atoms with Crippen LogP contribution in [0.2, 0.25) is 0 Å². The number of anilines is 1. The van der Waals surface area contributed by atoms with Crippen LogP contribution in [0.15, 0.2) is 18.7 Å². The highest BCUT2D eigenvalue weighted by Crippen LogP contribution is 2.35. The second-order valence-electron chi connectivity index (χ2n) is 5.42. The summed E-state index contributed by atoms with van der Waals surface area (Å²) in [7, 11) is 0. The first-order chi connectivity index (χ1) is 10.1. The Kier molecular flexibility index (Phi) is 4.72. The van der Waals surface area contributed by atoms with Crippen LogP contribution in [0.3, 0.4) is 0 Å². The number of piperidine rings is 1. The second-order valence-corrected chi connectivity index (χ2v) is 5.42. The SMILES string of the molecule is CCCC1(C(=O)O)CCCN(C(=O)Nc2cncnc2)C1. The van der Waals surface area contributed by atoms with Crippen molar-refractivity contribution < 1.29 is 14.7 Å². The zero-order valence-electron chi connectivity index (χ0n) is 12.1. The number of hydrogen-bond donors (Lipinski definition) is 2. The van der Waals surface area contributed by atoms with Crippen LogP contribution in [-0.2, 0) is 4.79 Å². The van der Waals surface area contributed by atoms with Gasteiger partial charge in [0.2, 0.25) is 0 Å². The lowest BCUT2D eigenvalue weighted by molar-refractivity contribution is -0.152. The smallest absolute Gasteiger partial charge is 0.321 e. The molecule has 21 heavy (non-hydrogen) atoms. The van der Waals surface area contributed by atoms with E-state index in [-0.39, 0.29) is 12.6 Å². The van der Waals surface area contributed by atoms with Gasteiger partial charge in [0.25, 0.3) is 0 Å². The van der Waals surface area contributed by atoms with Gasteiger partial charge < -0.3 is 15.3 Å². The lowest BCUT2D eigenvalue weighted by Crippen LogP contribution is -2.51. The molecule has 7 heteroatoms. The van der Waals surface area contributed by atoms with Crippen LogP contribution in [0.4, 0.5) is 10.5 Å². The minimum absolute atomic E-state index is 0.246. The first-order valence-electron chi connectivity index (χ1n) is 7.12. The molecule has 1 fully saturated rings. The molecule has 0 bridgehead atoms. The van der Waals surface area contributed by atoms with Gasteiger partial charge in [-0.1, -0.05) is 13.3 Å². The number of hydrogen-bond acceptors (Lipinski definition) is 4. The Bertz CT molecular complexity index is 504. The fraction of sp³-hybridized carbons (Fsp3) is 0.571. The van der Waals surface area contributed by atoms with Gasteiger partial charge in [0.15, 0.2) is 0 Å². The summed E-state index contributed by atoms with van der Waals surface area (Å²) in [6.07, 6.45) is 7.08. The van der Waals surface area contributed by atoms with E-state index in [2.05, 4.69) is 15.3 Å². The third-order valence-corrected chi connectivity index (χ3v) is 3.86. The van der Waals surface area contributed by atoms with Crippen molar-refractivity contribution in [2.24, 2.45) is 5.41 Å². The minimum atomic E-state index is -0.822. The molecule has 0 spiro atoms. The van der Waals surface area contributed by atoms with Crippen LogP contribution in [0.25, 0.3) is 0 Å². The van der Waals surface area contributed by atoms with Gasteiger partial charge in [0.1, 0.15) is 6.33 Å². The summed E-state index contributed by atoms with van der Waals surface area (Å²) in [6.45, 7) is 2.78. The van der Waals surface area contributed by atoms with E-state index < -0.39 is 11.4 Å². The summed E-state index contributed by atoms with van der Waals surface area (Å²) in [5, 5.41) is 12.2. The van der Waals surface area contributed by atoms with E-state index in [4.69, 9.17) is 0 Å². The number of nitrogens with zero attached hydrogens (tertiary/aromatic N) is 3. The molecule has 1 atom stereocenters. The molecule has 1 aliphatic rings. The molecule has 0 saturated carbocycles. The number of carbonyl (C=O) groups is 2. The van der Waals surface area contributed by atoms with Crippen molar-refractivity contribution in [2.75, 3.05) is 18.4 Å². The number of rotatable bonds is 4. The van der Waals surface area contributed by atoms with Crippen molar-refractivity contribution in [3.05, 3.63) is 18.7 Å². The number of amides is 2. The summed E-state index contributed by atoms with van der Waals surface area (Å²) >= 11 is 0. The highest BCUT2D eigenvalue weighted by molar-refractivity contribution is 5.89. The van der Waals surface area contributed by atoms with E-state index in [9.17, 15) is 14.7 Å². The van der Waals surface area contributed by atoms with Crippen LogP contribution in [0, 0.1) is 5.41 Å². The highest BCUT2D eigenvalue weighted by atomic mass is 16.4. The lowest BCUT2D eigenvalue weighted by Gasteiger charge is -2.39. The van der Waals surface area contributed by atoms with Crippen LogP contribution in [-0.4, -0.2) is 45.1 Å². The van der Waals surface area contributed by atoms with E-state index >= 15 is 0 Å². The van der Waals surface area contributed by atoms with Crippen molar-refractivity contribution in [2.45, 2.75) is 32.6 Å². The van der Waals surface area contributed by atoms with Gasteiger partial charge in [-0.15, -0.1) is 0 Å². The Morgan fingerprint density at radius 1 is 1.43 bits per heavy atom. The van der Waals surface area contributed by atoms with Gasteiger partial charge in [-0.05, 0) is 19.3 Å². The molecule has 7 nitrogen and oxygen atoms in total. The average Bonchev–Trinajstić information content (AvgIpc) is 2.48. The van der Waals surface area contributed by atoms with Crippen molar-refractivity contribution in [3.63, 3.8) is 0 Å². The number of carbonyl (C=O) groups excluding carboxylic acids is 1. The van der Waals surface area contributed by atoms with Crippen LogP contribution in [0.5, 0.6) is 0 Å². The van der Waals surface area contributed by atoms with Gasteiger partial charge in [-0.25, -0.2) is 14.8 Å². The maximum atomic E-state index is 12.2. The van der Waals surface area contributed by atoms with Crippen LogP contribution in [0.1, 0.15) is 32.6 Å². The highest BCUT2D eigenvalue weighted by Gasteiger charge is 2.42. The van der Waals surface area contributed by atoms with E-state index in [1.807, 2.05) is 6.92 Å². The number of carboxylic acids is 1. The van der Waals surface area contributed by atoms with Crippen molar-refractivity contribution in [3.8, 4) is 0 Å². The van der Waals surface area contributed by atoms with Crippen molar-refractivity contribution in [1.82, 2.24) is 14.9 Å². The Balaban J connectivity index is 2.06. The zero-order valence-corrected chi connectivity index (χ0v) is 12.1. The van der Waals surface area contributed by atoms with Crippen LogP contribution >= 0.6 is 0 Å². The van der Waals surface area contributed by atoms with Gasteiger partial charge in [0.05, 0.1) is 23.5 Å². The van der Waals surface area contributed by atoms with Gasteiger partial charge in [-0.3, -0.25) is 4.79 Å². The number of aliphatic carboxylic acids is 1. The maximum absolute atomic E-state index is 12.2. The number of carboxylic acid groups (broad SMARTS) is 1. The molecule has 1 aromatic rings. The van der Waals surface area contributed by atoms with E-state index in [1.54, 1.807) is 4.90 Å². The number of likely N-dealkylation sites (tertiary alicyclic amines) is 1. The molecule has 0 radical (unpaired) electrons. The monoisotopic (exact) mass is 292 g/mol. The molecular weight excluding hydrogens is 272 g/mol. The number of nitrogens with one attached hydrogen (secondary N) is 1. The number of urea groups is 1. The summed E-state index contributed by atoms with van der Waals surface area (Å²) in [5.74, 6) is -0.815. The Labute approximate surface area is 123 Å². The first kappa shape index (κ1) is 15.2. The summed E-state index contributed by atoms with van der Waals surface area (Å²) in [5.41, 5.74) is -0.318. The normalized spacial score (nSPS) is 21.9. The van der Waals surface area contributed by atoms with Gasteiger partial charge >= 0.3 is 12.0 Å². The molecule has 1 aliphatic heterocycles. The Hall–Kier alpha value is -2.18. The lowest BCUT2D eigenvalue weighted by atomic mass is 9.76. The Morgan fingerprint density at radius 3 is 2.76 bits per heavy atom. The molecule has 2 rings (SSSR count). The van der Waals surface area contributed by atoms with E-state index in [0.717, 1.165) is 6.42 Å². The molecule has 2 N–H and O–H groups in total. The van der Waals surface area contributed by atoms with Crippen molar-refractivity contribution >= 4 is 17.7 Å². The molecule has 0 aliphatic carbocycles. The molecule has 1 unspecified atom stereocenters. The average molecular weight is 292 g/mol. The molecule has 114 valence electrons. The molecule has 0 aromatic carbocycles. The maximum Gasteiger partial charge on any atom is 0.321 e. The largest absolute Gasteiger partial charge is 0.481 e. The van der Waals surface area contributed by atoms with E-state index in [0.29, 0.717) is 31.5 Å². The quantitative estimate of drug-likeness (QED) is 0.884. The molecule has 1 aromatic heterocycles. The first-order valence-corrected chi connectivity index (χ1v) is 7.12. The molecule has 1 saturated heterocycles. The fourth-order valence-corrected chi connectivity index (χ4v) is 2.84. The fourth-order valence-electron chi connectivity index (χ4n) is 2.84. The third kappa shape index (κ3) is 3.48. The van der Waals surface area contributed by atoms with E-state index in [1.165, 1.54) is 18.7 Å². The summed E-state index contributed by atoms with van der Waals surface area (Å²) in [6, 6.07) is -0.300. The molecular formula is C14H20N4O3. The summed E-state index contributed by atoms with van der Waals surface area (Å²) in [4.78, 5) is 33.1. The molecule has 2 amide bonds. The number of aromatic nitrogens is 2. The summed E-state index contributed by atoms with van der Waals surface area (Å²) < 4.78 is 0. The van der Waals surface area contributed by atoms with Crippen LogP contribution < -0.4 is 5.32 Å². The second kappa shape index (κ2) is 6.51. The Morgan fingerprint density at radius 2 is 2.14 bits per heavy atom. The topological polar surface area (TPSA) is 95.4 Å². The van der Waals surface area contributed by atoms with Gasteiger partial charge in [-0.2, -0.15) is 0 Å². The predicted molar refractivity (Wildman–Crippen MR) is 76.8 cm³/mol. The van der Waals surface area contributed by atoms with Gasteiger partial charge in [0, 0.05) is 13.1 Å². The third-order valence-electron chi connectivity index (χ3n) is 3.86. The molecule has 2 heterocycles.